The highest BCUT2D eigenvalue weighted by Gasteiger charge is 2.20. The predicted octanol–water partition coefficient (Wildman–Crippen LogP) is 3.16. The molecule has 1 atom stereocenters. The van der Waals surface area contributed by atoms with Crippen molar-refractivity contribution in [1.82, 2.24) is 5.32 Å². The lowest BCUT2D eigenvalue weighted by atomic mass is 10.1. The number of halogens is 1. The molecule has 1 aromatic rings. The standard InChI is InChI=1S/C11H17NOS.ClH/c1-7(2)9-6-14-10-5-12-4-8(3)13-11(9)10;/h6-8,12H,4-5H2,1-3H3;1H. The van der Waals surface area contributed by atoms with E-state index in [-0.39, 0.29) is 18.5 Å². The molecule has 0 amide bonds. The summed E-state index contributed by atoms with van der Waals surface area (Å²) in [6, 6.07) is 0. The average Bonchev–Trinajstić information content (AvgIpc) is 2.41. The second-order valence-electron chi connectivity index (χ2n) is 4.16. The lowest BCUT2D eigenvalue weighted by molar-refractivity contribution is 0.224. The van der Waals surface area contributed by atoms with E-state index in [4.69, 9.17) is 4.74 Å². The zero-order valence-electron chi connectivity index (χ0n) is 9.37. The van der Waals surface area contributed by atoms with E-state index < -0.39 is 0 Å². The van der Waals surface area contributed by atoms with E-state index in [2.05, 4.69) is 31.5 Å². The molecule has 15 heavy (non-hydrogen) atoms. The van der Waals surface area contributed by atoms with E-state index in [0.29, 0.717) is 5.92 Å². The normalized spacial score (nSPS) is 20.1. The lowest BCUT2D eigenvalue weighted by Gasteiger charge is -2.13. The Morgan fingerprint density at radius 1 is 1.53 bits per heavy atom. The molecule has 1 aliphatic rings. The molecule has 0 saturated heterocycles. The van der Waals surface area contributed by atoms with Gasteiger partial charge in [0, 0.05) is 18.7 Å². The van der Waals surface area contributed by atoms with Crippen molar-refractivity contribution in [2.24, 2.45) is 0 Å². The van der Waals surface area contributed by atoms with Gasteiger partial charge in [-0.2, -0.15) is 0 Å². The molecule has 0 bridgehead atoms. The minimum Gasteiger partial charge on any atom is -0.488 e. The molecule has 1 N–H and O–H groups in total. The van der Waals surface area contributed by atoms with Gasteiger partial charge < -0.3 is 10.1 Å². The lowest BCUT2D eigenvalue weighted by Crippen LogP contribution is -2.25. The van der Waals surface area contributed by atoms with Gasteiger partial charge in [0.25, 0.3) is 0 Å². The van der Waals surface area contributed by atoms with Gasteiger partial charge in [-0.1, -0.05) is 13.8 Å². The smallest absolute Gasteiger partial charge is 0.138 e. The van der Waals surface area contributed by atoms with Crippen molar-refractivity contribution in [3.8, 4) is 5.75 Å². The highest BCUT2D eigenvalue weighted by molar-refractivity contribution is 7.10. The Hall–Kier alpha value is -0.250. The molecule has 0 spiro atoms. The molecule has 0 saturated carbocycles. The van der Waals surface area contributed by atoms with Gasteiger partial charge >= 0.3 is 0 Å². The first-order valence-corrected chi connectivity index (χ1v) is 6.04. The minimum absolute atomic E-state index is 0. The van der Waals surface area contributed by atoms with E-state index in [1.165, 1.54) is 10.4 Å². The summed E-state index contributed by atoms with van der Waals surface area (Å²) in [5, 5.41) is 5.62. The highest BCUT2D eigenvalue weighted by atomic mass is 35.5. The SMILES string of the molecule is CC1CNCc2scc(C(C)C)c2O1.Cl. The first kappa shape index (κ1) is 12.8. The van der Waals surface area contributed by atoms with E-state index in [9.17, 15) is 0 Å². The summed E-state index contributed by atoms with van der Waals surface area (Å²) in [7, 11) is 0. The predicted molar refractivity (Wildman–Crippen MR) is 67.5 cm³/mol. The van der Waals surface area contributed by atoms with Gasteiger partial charge in [0.1, 0.15) is 11.9 Å². The molecule has 4 heteroatoms. The zero-order valence-corrected chi connectivity index (χ0v) is 11.0. The molecular formula is C11H18ClNOS. The Labute approximate surface area is 101 Å². The van der Waals surface area contributed by atoms with Crippen LogP contribution in [0.1, 0.15) is 37.1 Å². The van der Waals surface area contributed by atoms with Crippen molar-refractivity contribution in [1.29, 1.82) is 0 Å². The third kappa shape index (κ3) is 2.65. The number of nitrogens with one attached hydrogen (secondary N) is 1. The summed E-state index contributed by atoms with van der Waals surface area (Å²) in [6.07, 6.45) is 0.281. The Bertz CT molecular complexity index is 324. The third-order valence-electron chi connectivity index (χ3n) is 2.50. The van der Waals surface area contributed by atoms with Crippen molar-refractivity contribution >= 4 is 23.7 Å². The largest absolute Gasteiger partial charge is 0.488 e. The summed E-state index contributed by atoms with van der Waals surface area (Å²) in [5.74, 6) is 1.70. The van der Waals surface area contributed by atoms with Gasteiger partial charge in [-0.15, -0.1) is 23.7 Å². The Balaban J connectivity index is 0.00000112. The maximum Gasteiger partial charge on any atom is 0.138 e. The molecule has 2 nitrogen and oxygen atoms in total. The van der Waals surface area contributed by atoms with Gasteiger partial charge in [0.15, 0.2) is 0 Å². The van der Waals surface area contributed by atoms with Crippen molar-refractivity contribution in [3.63, 3.8) is 0 Å². The quantitative estimate of drug-likeness (QED) is 0.823. The van der Waals surface area contributed by atoms with E-state index in [1.54, 1.807) is 0 Å². The first-order chi connectivity index (χ1) is 6.68. The molecule has 1 aliphatic heterocycles. The van der Waals surface area contributed by atoms with Gasteiger partial charge in [-0.25, -0.2) is 0 Å². The fourth-order valence-electron chi connectivity index (χ4n) is 1.69. The van der Waals surface area contributed by atoms with E-state index >= 15 is 0 Å². The molecular weight excluding hydrogens is 230 g/mol. The molecule has 86 valence electrons. The van der Waals surface area contributed by atoms with Crippen LogP contribution >= 0.6 is 23.7 Å². The van der Waals surface area contributed by atoms with Crippen LogP contribution in [0.25, 0.3) is 0 Å². The number of fused-ring (bicyclic) bond motifs is 1. The second kappa shape index (κ2) is 5.19. The molecule has 1 aromatic heterocycles. The summed E-state index contributed by atoms with van der Waals surface area (Å²) < 4.78 is 5.94. The number of hydrogen-bond acceptors (Lipinski definition) is 3. The van der Waals surface area contributed by atoms with Crippen LogP contribution in [-0.4, -0.2) is 12.6 Å². The van der Waals surface area contributed by atoms with Crippen LogP contribution in [0, 0.1) is 0 Å². The van der Waals surface area contributed by atoms with Crippen molar-refractivity contribution in [2.75, 3.05) is 6.54 Å². The van der Waals surface area contributed by atoms with Gasteiger partial charge in [0.2, 0.25) is 0 Å². The van der Waals surface area contributed by atoms with Gasteiger partial charge in [0.05, 0.1) is 4.88 Å². The average molecular weight is 248 g/mol. The van der Waals surface area contributed by atoms with E-state index in [1.807, 2.05) is 11.3 Å². The van der Waals surface area contributed by atoms with Crippen LogP contribution in [0.2, 0.25) is 0 Å². The summed E-state index contributed by atoms with van der Waals surface area (Å²) in [4.78, 5) is 1.35. The van der Waals surface area contributed by atoms with Crippen molar-refractivity contribution in [3.05, 3.63) is 15.8 Å². The van der Waals surface area contributed by atoms with Crippen LogP contribution in [0.5, 0.6) is 5.75 Å². The number of rotatable bonds is 1. The summed E-state index contributed by atoms with van der Waals surface area (Å²) in [5.41, 5.74) is 1.36. The Kier molecular flexibility index (Phi) is 4.44. The van der Waals surface area contributed by atoms with E-state index in [0.717, 1.165) is 18.8 Å². The fourth-order valence-corrected chi connectivity index (χ4v) is 2.80. The topological polar surface area (TPSA) is 21.3 Å². The second-order valence-corrected chi connectivity index (χ2v) is 5.12. The first-order valence-electron chi connectivity index (χ1n) is 5.16. The van der Waals surface area contributed by atoms with Crippen LogP contribution in [0.3, 0.4) is 0 Å². The molecule has 2 rings (SSSR count). The van der Waals surface area contributed by atoms with Crippen LogP contribution in [0.4, 0.5) is 0 Å². The van der Waals surface area contributed by atoms with Crippen LogP contribution < -0.4 is 10.1 Å². The Morgan fingerprint density at radius 2 is 2.27 bits per heavy atom. The maximum absolute atomic E-state index is 5.94. The highest BCUT2D eigenvalue weighted by Crippen LogP contribution is 2.37. The molecule has 0 radical (unpaired) electrons. The molecule has 0 aromatic carbocycles. The van der Waals surface area contributed by atoms with Crippen molar-refractivity contribution in [2.45, 2.75) is 39.3 Å². The zero-order chi connectivity index (χ0) is 10.1. The number of thiophene rings is 1. The summed E-state index contributed by atoms with van der Waals surface area (Å²) in [6.45, 7) is 8.45. The molecule has 1 unspecified atom stereocenters. The molecule has 0 fully saturated rings. The molecule has 2 heterocycles. The van der Waals surface area contributed by atoms with Crippen molar-refractivity contribution < 1.29 is 4.74 Å². The Morgan fingerprint density at radius 3 is 2.93 bits per heavy atom. The maximum atomic E-state index is 5.94. The summed E-state index contributed by atoms with van der Waals surface area (Å²) >= 11 is 1.81. The minimum atomic E-state index is 0. The third-order valence-corrected chi connectivity index (χ3v) is 3.49. The van der Waals surface area contributed by atoms with Gasteiger partial charge in [-0.05, 0) is 18.2 Å². The van der Waals surface area contributed by atoms with Crippen LogP contribution in [-0.2, 0) is 6.54 Å². The molecule has 0 aliphatic carbocycles. The number of ether oxygens (including phenoxy) is 1. The monoisotopic (exact) mass is 247 g/mol. The fraction of sp³-hybridized carbons (Fsp3) is 0.636. The van der Waals surface area contributed by atoms with Crippen LogP contribution in [0.15, 0.2) is 5.38 Å². The van der Waals surface area contributed by atoms with Gasteiger partial charge in [-0.3, -0.25) is 0 Å². The number of hydrogen-bond donors (Lipinski definition) is 1.